The molecule has 19 heavy (non-hydrogen) atoms. The lowest BCUT2D eigenvalue weighted by atomic mass is 10.00. The Balaban J connectivity index is 2.48. The largest absolute Gasteiger partial charge is 0.387 e. The molecule has 0 aliphatic rings. The first-order chi connectivity index (χ1) is 9.02. The van der Waals surface area contributed by atoms with Gasteiger partial charge in [-0.15, -0.1) is 6.58 Å². The summed E-state index contributed by atoms with van der Waals surface area (Å²) in [6.07, 6.45) is 3.45. The highest BCUT2D eigenvalue weighted by Crippen LogP contribution is 2.15. The molecule has 1 rings (SSSR count). The summed E-state index contributed by atoms with van der Waals surface area (Å²) in [5.74, 6) is 0.664. The molecule has 0 radical (unpaired) electrons. The molecule has 1 aromatic carbocycles. The summed E-state index contributed by atoms with van der Waals surface area (Å²) in [5, 5.41) is 13.4. The molecule has 0 aliphatic carbocycles. The van der Waals surface area contributed by atoms with Crippen molar-refractivity contribution < 1.29 is 5.11 Å². The fourth-order valence-electron chi connectivity index (χ4n) is 2.11. The van der Waals surface area contributed by atoms with Gasteiger partial charge in [-0.05, 0) is 36.8 Å². The summed E-state index contributed by atoms with van der Waals surface area (Å²) in [5.41, 5.74) is 2.31. The van der Waals surface area contributed by atoms with Gasteiger partial charge in [-0.1, -0.05) is 44.2 Å². The molecular formula is C17H27NO. The van der Waals surface area contributed by atoms with Crippen molar-refractivity contribution in [1.29, 1.82) is 0 Å². The van der Waals surface area contributed by atoms with Gasteiger partial charge >= 0.3 is 0 Å². The minimum atomic E-state index is -0.444. The highest BCUT2D eigenvalue weighted by Gasteiger charge is 2.09. The topological polar surface area (TPSA) is 32.3 Å². The van der Waals surface area contributed by atoms with Crippen molar-refractivity contribution in [2.24, 2.45) is 5.92 Å². The SMILES string of the molecule is C=CCC(C)NCC(O)c1ccc(CC(C)C)cc1. The Labute approximate surface area is 117 Å². The van der Waals surface area contributed by atoms with Crippen LogP contribution in [0, 0.1) is 5.92 Å². The third-order valence-corrected chi connectivity index (χ3v) is 3.19. The van der Waals surface area contributed by atoms with Gasteiger partial charge in [-0.3, -0.25) is 0 Å². The number of hydrogen-bond donors (Lipinski definition) is 2. The second kappa shape index (κ2) is 8.13. The number of rotatable bonds is 8. The number of aliphatic hydroxyl groups is 1. The molecule has 2 nitrogen and oxygen atoms in total. The van der Waals surface area contributed by atoms with Crippen LogP contribution in [-0.4, -0.2) is 17.7 Å². The van der Waals surface area contributed by atoms with Crippen molar-refractivity contribution in [3.05, 3.63) is 48.0 Å². The fraction of sp³-hybridized carbons (Fsp3) is 0.529. The zero-order valence-electron chi connectivity index (χ0n) is 12.4. The van der Waals surface area contributed by atoms with Crippen molar-refractivity contribution in [3.63, 3.8) is 0 Å². The van der Waals surface area contributed by atoms with Crippen LogP contribution in [0.15, 0.2) is 36.9 Å². The molecule has 1 aromatic rings. The minimum Gasteiger partial charge on any atom is -0.387 e. The zero-order valence-corrected chi connectivity index (χ0v) is 12.4. The molecule has 0 amide bonds. The van der Waals surface area contributed by atoms with E-state index in [0.29, 0.717) is 18.5 Å². The Morgan fingerprint density at radius 3 is 2.37 bits per heavy atom. The van der Waals surface area contributed by atoms with Crippen molar-refractivity contribution >= 4 is 0 Å². The van der Waals surface area contributed by atoms with Crippen LogP contribution in [-0.2, 0) is 6.42 Å². The minimum absolute atomic E-state index is 0.354. The molecule has 0 bridgehead atoms. The molecule has 2 N–H and O–H groups in total. The van der Waals surface area contributed by atoms with Gasteiger partial charge in [-0.25, -0.2) is 0 Å². The first-order valence-electron chi connectivity index (χ1n) is 7.14. The van der Waals surface area contributed by atoms with E-state index in [1.807, 2.05) is 18.2 Å². The van der Waals surface area contributed by atoms with Gasteiger partial charge < -0.3 is 10.4 Å². The highest BCUT2D eigenvalue weighted by atomic mass is 16.3. The Morgan fingerprint density at radius 1 is 1.21 bits per heavy atom. The van der Waals surface area contributed by atoms with Crippen molar-refractivity contribution in [3.8, 4) is 0 Å². The van der Waals surface area contributed by atoms with Crippen LogP contribution in [0.1, 0.15) is 44.4 Å². The van der Waals surface area contributed by atoms with Gasteiger partial charge in [0.2, 0.25) is 0 Å². The van der Waals surface area contributed by atoms with E-state index in [2.05, 4.69) is 44.8 Å². The Hall–Kier alpha value is -1.12. The fourth-order valence-corrected chi connectivity index (χ4v) is 2.11. The van der Waals surface area contributed by atoms with Crippen molar-refractivity contribution in [1.82, 2.24) is 5.32 Å². The van der Waals surface area contributed by atoms with Crippen LogP contribution in [0.3, 0.4) is 0 Å². The summed E-state index contributed by atoms with van der Waals surface area (Å²) >= 11 is 0. The van der Waals surface area contributed by atoms with Crippen molar-refractivity contribution in [2.75, 3.05) is 6.54 Å². The molecule has 106 valence electrons. The standard InChI is InChI=1S/C17H27NO/c1-5-6-14(4)18-12-17(19)16-9-7-15(8-10-16)11-13(2)3/h5,7-10,13-14,17-19H,1,6,11-12H2,2-4H3. The Bertz CT molecular complexity index is 369. The number of benzene rings is 1. The number of aliphatic hydroxyl groups excluding tert-OH is 1. The second-order valence-electron chi connectivity index (χ2n) is 5.69. The molecule has 0 spiro atoms. The van der Waals surface area contributed by atoms with Crippen LogP contribution in [0.5, 0.6) is 0 Å². The van der Waals surface area contributed by atoms with Gasteiger partial charge in [0.05, 0.1) is 6.10 Å². The maximum absolute atomic E-state index is 10.1. The van der Waals surface area contributed by atoms with E-state index in [1.54, 1.807) is 0 Å². The summed E-state index contributed by atoms with van der Waals surface area (Å²) in [4.78, 5) is 0. The Kier molecular flexibility index (Phi) is 6.82. The molecule has 0 heterocycles. The number of hydrogen-bond acceptors (Lipinski definition) is 2. The zero-order chi connectivity index (χ0) is 14.3. The van der Waals surface area contributed by atoms with E-state index in [1.165, 1.54) is 5.56 Å². The van der Waals surface area contributed by atoms with E-state index in [4.69, 9.17) is 0 Å². The van der Waals surface area contributed by atoms with Gasteiger partial charge in [-0.2, -0.15) is 0 Å². The number of nitrogens with one attached hydrogen (secondary N) is 1. The van der Waals surface area contributed by atoms with Crippen LogP contribution < -0.4 is 5.32 Å². The molecule has 2 atom stereocenters. The smallest absolute Gasteiger partial charge is 0.0914 e. The van der Waals surface area contributed by atoms with E-state index in [0.717, 1.165) is 18.4 Å². The predicted octanol–water partition coefficient (Wildman–Crippen LogP) is 3.47. The maximum Gasteiger partial charge on any atom is 0.0914 e. The third-order valence-electron chi connectivity index (χ3n) is 3.19. The van der Waals surface area contributed by atoms with Crippen LogP contribution >= 0.6 is 0 Å². The lowest BCUT2D eigenvalue weighted by Crippen LogP contribution is -2.29. The first-order valence-corrected chi connectivity index (χ1v) is 7.14. The maximum atomic E-state index is 10.1. The average Bonchev–Trinajstić information content (AvgIpc) is 2.36. The first kappa shape index (κ1) is 15.9. The Morgan fingerprint density at radius 2 is 1.84 bits per heavy atom. The van der Waals surface area contributed by atoms with E-state index < -0.39 is 6.10 Å². The molecule has 0 aromatic heterocycles. The van der Waals surface area contributed by atoms with Gasteiger partial charge in [0.1, 0.15) is 0 Å². The lowest BCUT2D eigenvalue weighted by Gasteiger charge is -2.16. The third kappa shape index (κ3) is 6.04. The van der Waals surface area contributed by atoms with Gasteiger partial charge in [0.25, 0.3) is 0 Å². The monoisotopic (exact) mass is 261 g/mol. The van der Waals surface area contributed by atoms with E-state index in [9.17, 15) is 5.11 Å². The molecule has 0 saturated carbocycles. The van der Waals surface area contributed by atoms with Crippen LogP contribution in [0.4, 0.5) is 0 Å². The normalized spacial score (nSPS) is 14.4. The van der Waals surface area contributed by atoms with Crippen molar-refractivity contribution in [2.45, 2.75) is 45.8 Å². The second-order valence-corrected chi connectivity index (χ2v) is 5.69. The predicted molar refractivity (Wildman–Crippen MR) is 82.2 cm³/mol. The molecule has 2 unspecified atom stereocenters. The molecule has 0 aliphatic heterocycles. The van der Waals surface area contributed by atoms with E-state index >= 15 is 0 Å². The molecule has 0 saturated heterocycles. The molecular weight excluding hydrogens is 234 g/mol. The van der Waals surface area contributed by atoms with Crippen LogP contribution in [0.2, 0.25) is 0 Å². The highest BCUT2D eigenvalue weighted by molar-refractivity contribution is 5.24. The molecule has 0 fully saturated rings. The average molecular weight is 261 g/mol. The van der Waals surface area contributed by atoms with Gasteiger partial charge in [0, 0.05) is 12.6 Å². The van der Waals surface area contributed by atoms with E-state index in [-0.39, 0.29) is 0 Å². The van der Waals surface area contributed by atoms with Crippen LogP contribution in [0.25, 0.3) is 0 Å². The van der Waals surface area contributed by atoms with Gasteiger partial charge in [0.15, 0.2) is 0 Å². The molecule has 2 heteroatoms. The summed E-state index contributed by atoms with van der Waals surface area (Å²) in [6, 6.07) is 8.65. The summed E-state index contributed by atoms with van der Waals surface area (Å²) in [6.45, 7) is 10.8. The summed E-state index contributed by atoms with van der Waals surface area (Å²) < 4.78 is 0. The quantitative estimate of drug-likeness (QED) is 0.702. The summed E-state index contributed by atoms with van der Waals surface area (Å²) in [7, 11) is 0. The lowest BCUT2D eigenvalue weighted by molar-refractivity contribution is 0.171.